The molecule has 3 rings (SSSR count). The van der Waals surface area contributed by atoms with Gasteiger partial charge in [0, 0.05) is 18.0 Å². The van der Waals surface area contributed by atoms with Crippen molar-refractivity contribution in [3.63, 3.8) is 0 Å². The van der Waals surface area contributed by atoms with Crippen LogP contribution in [0.5, 0.6) is 11.5 Å². The Morgan fingerprint density at radius 2 is 1.80 bits per heavy atom. The number of carbonyl (C=O) groups excluding carboxylic acids is 2. The molecule has 0 spiro atoms. The molecular formula is C26H30N4O5. The van der Waals surface area contributed by atoms with Gasteiger partial charge in [0.25, 0.3) is 17.4 Å². The Balaban J connectivity index is 1.68. The van der Waals surface area contributed by atoms with Crippen LogP contribution in [0.2, 0.25) is 0 Å². The molecule has 3 aromatic rings. The van der Waals surface area contributed by atoms with Gasteiger partial charge >= 0.3 is 0 Å². The van der Waals surface area contributed by atoms with Crippen LogP contribution in [0.3, 0.4) is 0 Å². The molecule has 9 nitrogen and oxygen atoms in total. The van der Waals surface area contributed by atoms with Crippen molar-refractivity contribution in [3.05, 3.63) is 70.2 Å². The van der Waals surface area contributed by atoms with Gasteiger partial charge in [-0.2, -0.15) is 5.10 Å². The molecule has 0 radical (unpaired) electrons. The number of ether oxygens (including phenoxy) is 2. The third-order valence-electron chi connectivity index (χ3n) is 5.19. The minimum Gasteiger partial charge on any atom is -0.493 e. The number of hydrazine groups is 1. The molecule has 1 aromatic heterocycles. The topological polar surface area (TPSA) is 112 Å². The number of fused-ring (bicyclic) bond motifs is 1. The number of nitrogens with one attached hydrogen (secondary N) is 2. The molecule has 0 saturated heterocycles. The summed E-state index contributed by atoms with van der Waals surface area (Å²) in [5.41, 5.74) is 5.23. The first-order valence-corrected chi connectivity index (χ1v) is 11.6. The number of hydrogen-bond acceptors (Lipinski definition) is 6. The molecule has 0 saturated carbocycles. The third kappa shape index (κ3) is 6.47. The van der Waals surface area contributed by atoms with Gasteiger partial charge in [0.1, 0.15) is 0 Å². The predicted molar refractivity (Wildman–Crippen MR) is 134 cm³/mol. The first-order valence-electron chi connectivity index (χ1n) is 11.6. The average Bonchev–Trinajstić information content (AvgIpc) is 2.88. The van der Waals surface area contributed by atoms with Gasteiger partial charge in [-0.15, -0.1) is 0 Å². The monoisotopic (exact) mass is 478 g/mol. The van der Waals surface area contributed by atoms with Crippen LogP contribution in [0.25, 0.3) is 16.8 Å². The third-order valence-corrected chi connectivity index (χ3v) is 5.19. The molecule has 0 fully saturated rings. The van der Waals surface area contributed by atoms with E-state index in [-0.39, 0.29) is 11.3 Å². The summed E-state index contributed by atoms with van der Waals surface area (Å²) in [6.07, 6.45) is 5.54. The molecule has 2 aromatic carbocycles. The zero-order valence-electron chi connectivity index (χ0n) is 20.2. The number of hydrogen-bond donors (Lipinski definition) is 2. The lowest BCUT2D eigenvalue weighted by molar-refractivity contribution is -0.117. The summed E-state index contributed by atoms with van der Waals surface area (Å²) in [4.78, 5) is 37.7. The van der Waals surface area contributed by atoms with Crippen LogP contribution in [0.1, 0.15) is 49.2 Å². The highest BCUT2D eigenvalue weighted by molar-refractivity contribution is 6.05. The number of amides is 2. The normalized spacial score (nSPS) is 10.9. The quantitative estimate of drug-likeness (QED) is 0.262. The Morgan fingerprint density at radius 3 is 2.51 bits per heavy atom. The summed E-state index contributed by atoms with van der Waals surface area (Å²) in [6.45, 7) is 4.99. The maximum atomic E-state index is 12.8. The highest BCUT2D eigenvalue weighted by Crippen LogP contribution is 2.28. The predicted octanol–water partition coefficient (Wildman–Crippen LogP) is 3.47. The van der Waals surface area contributed by atoms with Crippen molar-refractivity contribution in [2.75, 3.05) is 13.7 Å². The molecule has 0 bridgehead atoms. The van der Waals surface area contributed by atoms with E-state index in [9.17, 15) is 14.4 Å². The zero-order valence-corrected chi connectivity index (χ0v) is 20.2. The summed E-state index contributed by atoms with van der Waals surface area (Å²) < 4.78 is 12.4. The van der Waals surface area contributed by atoms with E-state index in [0.29, 0.717) is 41.8 Å². The lowest BCUT2D eigenvalue weighted by Gasteiger charge is -2.11. The van der Waals surface area contributed by atoms with Crippen LogP contribution in [0.15, 0.2) is 53.3 Å². The summed E-state index contributed by atoms with van der Waals surface area (Å²) >= 11 is 0. The first kappa shape index (κ1) is 25.5. The van der Waals surface area contributed by atoms with E-state index in [1.54, 1.807) is 55.7 Å². The van der Waals surface area contributed by atoms with Gasteiger partial charge in [0.15, 0.2) is 17.2 Å². The maximum Gasteiger partial charge on any atom is 0.290 e. The van der Waals surface area contributed by atoms with Gasteiger partial charge in [-0.25, -0.2) is 4.68 Å². The van der Waals surface area contributed by atoms with Crippen LogP contribution < -0.4 is 25.9 Å². The number of rotatable bonds is 10. The highest BCUT2D eigenvalue weighted by atomic mass is 16.5. The Bertz CT molecular complexity index is 1280. The SMILES string of the molecule is CCCCOc1ccc(/C=C/C(=O)NNC(=O)c2nn(CCC)c(=O)c3ccccc23)cc1OC. The molecule has 1 heterocycles. The second-order valence-electron chi connectivity index (χ2n) is 7.81. The van der Waals surface area contributed by atoms with E-state index >= 15 is 0 Å². The van der Waals surface area contributed by atoms with Crippen molar-refractivity contribution in [1.29, 1.82) is 0 Å². The number of aryl methyl sites for hydroxylation is 1. The molecule has 35 heavy (non-hydrogen) atoms. The fourth-order valence-electron chi connectivity index (χ4n) is 3.39. The molecule has 2 amide bonds. The van der Waals surface area contributed by atoms with Crippen LogP contribution in [-0.4, -0.2) is 35.3 Å². The van der Waals surface area contributed by atoms with Crippen molar-refractivity contribution in [2.45, 2.75) is 39.7 Å². The largest absolute Gasteiger partial charge is 0.493 e. The molecule has 9 heteroatoms. The summed E-state index contributed by atoms with van der Waals surface area (Å²) in [5.74, 6) is 0.0471. The van der Waals surface area contributed by atoms with E-state index in [1.165, 1.54) is 10.8 Å². The van der Waals surface area contributed by atoms with Gasteiger partial charge in [-0.3, -0.25) is 25.2 Å². The summed E-state index contributed by atoms with van der Waals surface area (Å²) in [7, 11) is 1.55. The second kappa shape index (κ2) is 12.4. The Kier molecular flexibility index (Phi) is 9.00. The van der Waals surface area contributed by atoms with Crippen LogP contribution in [-0.2, 0) is 11.3 Å². The minimum absolute atomic E-state index is 0.0568. The van der Waals surface area contributed by atoms with Gasteiger partial charge < -0.3 is 9.47 Å². The number of benzene rings is 2. The van der Waals surface area contributed by atoms with E-state index in [4.69, 9.17) is 9.47 Å². The van der Waals surface area contributed by atoms with Gasteiger partial charge in [0.05, 0.1) is 19.1 Å². The molecule has 0 aliphatic heterocycles. The standard InChI is InChI=1S/C26H30N4O5/c1-4-6-16-35-21-13-11-18(17-22(21)34-3)12-14-23(31)27-28-25(32)24-19-9-7-8-10-20(19)26(33)30(29-24)15-5-2/h7-14,17H,4-6,15-16H2,1-3H3,(H,27,31)(H,28,32)/b14-12+. The minimum atomic E-state index is -0.622. The number of unbranched alkanes of at least 4 members (excludes halogenated alkanes) is 1. The van der Waals surface area contributed by atoms with Crippen molar-refractivity contribution >= 4 is 28.7 Å². The molecule has 184 valence electrons. The van der Waals surface area contributed by atoms with Gasteiger partial charge in [0.2, 0.25) is 0 Å². The Hall–Kier alpha value is -4.14. The molecule has 2 N–H and O–H groups in total. The zero-order chi connectivity index (χ0) is 25.2. The van der Waals surface area contributed by atoms with Crippen molar-refractivity contribution < 1.29 is 19.1 Å². The van der Waals surface area contributed by atoms with E-state index in [0.717, 1.165) is 18.4 Å². The molecular weight excluding hydrogens is 448 g/mol. The fraction of sp³-hybridized carbons (Fsp3) is 0.308. The average molecular weight is 479 g/mol. The van der Waals surface area contributed by atoms with Crippen LogP contribution >= 0.6 is 0 Å². The number of methoxy groups -OCH3 is 1. The van der Waals surface area contributed by atoms with Crippen molar-refractivity contribution in [1.82, 2.24) is 20.6 Å². The van der Waals surface area contributed by atoms with Crippen molar-refractivity contribution in [2.24, 2.45) is 0 Å². The number of carbonyl (C=O) groups is 2. The van der Waals surface area contributed by atoms with E-state index < -0.39 is 11.8 Å². The van der Waals surface area contributed by atoms with Crippen LogP contribution in [0, 0.1) is 0 Å². The molecule has 0 aliphatic rings. The fourth-order valence-corrected chi connectivity index (χ4v) is 3.39. The van der Waals surface area contributed by atoms with Gasteiger partial charge in [-0.1, -0.05) is 44.5 Å². The van der Waals surface area contributed by atoms with E-state index in [1.807, 2.05) is 6.92 Å². The smallest absolute Gasteiger partial charge is 0.290 e. The second-order valence-corrected chi connectivity index (χ2v) is 7.81. The number of nitrogens with zero attached hydrogens (tertiary/aromatic N) is 2. The lowest BCUT2D eigenvalue weighted by atomic mass is 10.1. The summed E-state index contributed by atoms with van der Waals surface area (Å²) in [6, 6.07) is 12.1. The first-order chi connectivity index (χ1) is 17.0. The summed E-state index contributed by atoms with van der Waals surface area (Å²) in [5, 5.41) is 5.02. The maximum absolute atomic E-state index is 12.8. The molecule has 0 aliphatic carbocycles. The van der Waals surface area contributed by atoms with Gasteiger partial charge in [-0.05, 0) is 42.7 Å². The molecule has 0 atom stereocenters. The van der Waals surface area contributed by atoms with Crippen molar-refractivity contribution in [3.8, 4) is 11.5 Å². The Labute approximate surface area is 203 Å². The Morgan fingerprint density at radius 1 is 1.03 bits per heavy atom. The highest BCUT2D eigenvalue weighted by Gasteiger charge is 2.16. The van der Waals surface area contributed by atoms with E-state index in [2.05, 4.69) is 22.9 Å². The lowest BCUT2D eigenvalue weighted by Crippen LogP contribution is -2.42. The molecule has 0 unspecified atom stereocenters. The number of aromatic nitrogens is 2. The van der Waals surface area contributed by atoms with Crippen LogP contribution in [0.4, 0.5) is 0 Å².